The Morgan fingerprint density at radius 1 is 1.04 bits per heavy atom. The third-order valence-electron chi connectivity index (χ3n) is 3.26. The lowest BCUT2D eigenvalue weighted by Gasteiger charge is -2.00. The van der Waals surface area contributed by atoms with Gasteiger partial charge in [0.2, 0.25) is 0 Å². The van der Waals surface area contributed by atoms with Gasteiger partial charge in [-0.05, 0) is 35.9 Å². The highest BCUT2D eigenvalue weighted by atomic mass is 35.5. The molecular formula is C18H9Cl3N2S. The number of allylic oxidation sites excluding steroid dienone is 1. The van der Waals surface area contributed by atoms with E-state index in [1.165, 1.54) is 11.3 Å². The lowest BCUT2D eigenvalue weighted by molar-refractivity contribution is 1.37. The number of halogens is 3. The molecule has 0 amide bonds. The van der Waals surface area contributed by atoms with Gasteiger partial charge in [0, 0.05) is 26.0 Å². The fraction of sp³-hybridized carbons (Fsp3) is 0. The maximum absolute atomic E-state index is 9.46. The monoisotopic (exact) mass is 390 g/mol. The molecule has 0 fully saturated rings. The van der Waals surface area contributed by atoms with Crippen LogP contribution in [0.1, 0.15) is 10.6 Å². The molecule has 3 rings (SSSR count). The normalized spacial score (nSPS) is 11.3. The fourth-order valence-corrected chi connectivity index (χ4v) is 3.45. The first-order valence-electron chi connectivity index (χ1n) is 6.85. The third-order valence-corrected chi connectivity index (χ3v) is 4.95. The van der Waals surface area contributed by atoms with Crippen molar-refractivity contribution in [2.75, 3.05) is 0 Å². The van der Waals surface area contributed by atoms with E-state index >= 15 is 0 Å². The molecule has 0 N–H and O–H groups in total. The van der Waals surface area contributed by atoms with Gasteiger partial charge in [-0.2, -0.15) is 5.26 Å². The quantitative estimate of drug-likeness (QED) is 0.458. The number of hydrogen-bond acceptors (Lipinski definition) is 3. The van der Waals surface area contributed by atoms with Crippen LogP contribution in [0.2, 0.25) is 15.1 Å². The Kier molecular flexibility index (Phi) is 5.23. The van der Waals surface area contributed by atoms with Gasteiger partial charge in [-0.3, -0.25) is 0 Å². The summed E-state index contributed by atoms with van der Waals surface area (Å²) < 4.78 is 0. The number of nitriles is 1. The van der Waals surface area contributed by atoms with E-state index in [0.717, 1.165) is 16.8 Å². The second kappa shape index (κ2) is 7.38. The molecule has 24 heavy (non-hydrogen) atoms. The summed E-state index contributed by atoms with van der Waals surface area (Å²) in [6.07, 6.45) is 1.71. The maximum atomic E-state index is 9.46. The zero-order valence-electron chi connectivity index (χ0n) is 12.1. The molecule has 1 aromatic heterocycles. The molecule has 0 saturated heterocycles. The van der Waals surface area contributed by atoms with Crippen molar-refractivity contribution in [3.8, 4) is 17.3 Å². The lowest BCUT2D eigenvalue weighted by Crippen LogP contribution is -1.84. The minimum Gasteiger partial charge on any atom is -0.235 e. The van der Waals surface area contributed by atoms with Crippen LogP contribution in [0.4, 0.5) is 0 Å². The largest absolute Gasteiger partial charge is 0.235 e. The second-order valence-electron chi connectivity index (χ2n) is 4.88. The highest BCUT2D eigenvalue weighted by Gasteiger charge is 2.10. The number of thiazole rings is 1. The van der Waals surface area contributed by atoms with Crippen molar-refractivity contribution in [2.24, 2.45) is 0 Å². The van der Waals surface area contributed by atoms with Gasteiger partial charge in [-0.25, -0.2) is 4.98 Å². The van der Waals surface area contributed by atoms with Crippen LogP contribution in [0, 0.1) is 11.3 Å². The molecule has 3 aromatic rings. The van der Waals surface area contributed by atoms with E-state index in [1.54, 1.807) is 24.3 Å². The number of aromatic nitrogens is 1. The van der Waals surface area contributed by atoms with Gasteiger partial charge in [0.25, 0.3) is 0 Å². The SMILES string of the molecule is N#CC(=Cc1ccc(Cl)cc1Cl)c1nc(-c2ccc(Cl)cc2)cs1. The van der Waals surface area contributed by atoms with Crippen LogP contribution >= 0.6 is 46.1 Å². The predicted octanol–water partition coefficient (Wildman–Crippen LogP) is 6.83. The summed E-state index contributed by atoms with van der Waals surface area (Å²) in [5.41, 5.74) is 2.92. The average Bonchev–Trinajstić information content (AvgIpc) is 3.05. The van der Waals surface area contributed by atoms with Gasteiger partial charge >= 0.3 is 0 Å². The Labute approximate surface area is 158 Å². The highest BCUT2D eigenvalue weighted by Crippen LogP contribution is 2.30. The van der Waals surface area contributed by atoms with E-state index in [-0.39, 0.29) is 0 Å². The summed E-state index contributed by atoms with van der Waals surface area (Å²) in [6, 6.07) is 14.7. The maximum Gasteiger partial charge on any atom is 0.134 e. The van der Waals surface area contributed by atoms with Crippen LogP contribution in [0.15, 0.2) is 47.8 Å². The second-order valence-corrected chi connectivity index (χ2v) is 7.02. The van der Waals surface area contributed by atoms with Crippen molar-refractivity contribution >= 4 is 57.8 Å². The van der Waals surface area contributed by atoms with Crippen LogP contribution in [0.5, 0.6) is 0 Å². The molecule has 0 aliphatic rings. The summed E-state index contributed by atoms with van der Waals surface area (Å²) in [7, 11) is 0. The average molecular weight is 392 g/mol. The molecule has 0 saturated carbocycles. The minimum absolute atomic E-state index is 0.449. The molecule has 0 aliphatic heterocycles. The first-order valence-corrected chi connectivity index (χ1v) is 8.87. The number of rotatable bonds is 3. The summed E-state index contributed by atoms with van der Waals surface area (Å²) in [5.74, 6) is 0. The van der Waals surface area contributed by atoms with Crippen LogP contribution in [-0.4, -0.2) is 4.98 Å². The van der Waals surface area contributed by atoms with Crippen molar-refractivity contribution in [3.63, 3.8) is 0 Å². The number of benzene rings is 2. The predicted molar refractivity (Wildman–Crippen MR) is 103 cm³/mol. The summed E-state index contributed by atoms with van der Waals surface area (Å²) in [4.78, 5) is 4.54. The molecule has 2 aromatic carbocycles. The van der Waals surface area contributed by atoms with E-state index < -0.39 is 0 Å². The molecular weight excluding hydrogens is 383 g/mol. The highest BCUT2D eigenvalue weighted by molar-refractivity contribution is 7.11. The molecule has 1 heterocycles. The van der Waals surface area contributed by atoms with Crippen molar-refractivity contribution in [1.29, 1.82) is 5.26 Å². The van der Waals surface area contributed by atoms with Crippen LogP contribution in [-0.2, 0) is 0 Å². The van der Waals surface area contributed by atoms with E-state index in [2.05, 4.69) is 11.1 Å². The van der Waals surface area contributed by atoms with Crippen LogP contribution in [0.25, 0.3) is 22.9 Å². The summed E-state index contributed by atoms with van der Waals surface area (Å²) in [6.45, 7) is 0. The molecule has 0 bridgehead atoms. The number of nitrogens with zero attached hydrogens (tertiary/aromatic N) is 2. The Hall–Kier alpha value is -1.83. The molecule has 118 valence electrons. The van der Waals surface area contributed by atoms with E-state index in [9.17, 15) is 5.26 Å². The van der Waals surface area contributed by atoms with E-state index in [4.69, 9.17) is 34.8 Å². The third kappa shape index (κ3) is 3.80. The molecule has 0 atom stereocenters. The van der Waals surface area contributed by atoms with Crippen molar-refractivity contribution < 1.29 is 0 Å². The van der Waals surface area contributed by atoms with Crippen LogP contribution in [0.3, 0.4) is 0 Å². The van der Waals surface area contributed by atoms with Crippen molar-refractivity contribution in [2.45, 2.75) is 0 Å². The first-order chi connectivity index (χ1) is 11.6. The summed E-state index contributed by atoms with van der Waals surface area (Å²) >= 11 is 19.4. The Morgan fingerprint density at radius 2 is 1.75 bits per heavy atom. The molecule has 0 aliphatic carbocycles. The molecule has 2 nitrogen and oxygen atoms in total. The van der Waals surface area contributed by atoms with Crippen molar-refractivity contribution in [3.05, 3.63) is 73.5 Å². The minimum atomic E-state index is 0.449. The lowest BCUT2D eigenvalue weighted by atomic mass is 10.1. The Balaban J connectivity index is 1.96. The van der Waals surface area contributed by atoms with Gasteiger partial charge in [0.15, 0.2) is 0 Å². The smallest absolute Gasteiger partial charge is 0.134 e. The van der Waals surface area contributed by atoms with E-state index in [1.807, 2.05) is 29.6 Å². The first kappa shape index (κ1) is 17.0. The number of hydrogen-bond donors (Lipinski definition) is 0. The standard InChI is InChI=1S/C18H9Cl3N2S/c19-14-4-1-11(2-5-14)17-10-24-18(23-17)13(9-22)7-12-3-6-15(20)8-16(12)21/h1-8,10H. The molecule has 0 radical (unpaired) electrons. The Bertz CT molecular complexity index is 953. The van der Waals surface area contributed by atoms with Gasteiger partial charge in [-0.1, -0.05) is 53.0 Å². The van der Waals surface area contributed by atoms with E-state index in [0.29, 0.717) is 25.6 Å². The van der Waals surface area contributed by atoms with Gasteiger partial charge in [0.1, 0.15) is 11.1 Å². The molecule has 6 heteroatoms. The fourth-order valence-electron chi connectivity index (χ4n) is 2.07. The van der Waals surface area contributed by atoms with Crippen LogP contribution < -0.4 is 0 Å². The zero-order valence-corrected chi connectivity index (χ0v) is 15.2. The molecule has 0 spiro atoms. The van der Waals surface area contributed by atoms with Gasteiger partial charge < -0.3 is 0 Å². The van der Waals surface area contributed by atoms with Gasteiger partial charge in [0.05, 0.1) is 11.3 Å². The van der Waals surface area contributed by atoms with Gasteiger partial charge in [-0.15, -0.1) is 11.3 Å². The summed E-state index contributed by atoms with van der Waals surface area (Å²) in [5, 5.41) is 13.7. The Morgan fingerprint density at radius 3 is 2.42 bits per heavy atom. The molecule has 0 unspecified atom stereocenters. The zero-order chi connectivity index (χ0) is 17.1. The topological polar surface area (TPSA) is 36.7 Å². The van der Waals surface area contributed by atoms with Crippen molar-refractivity contribution in [1.82, 2.24) is 4.98 Å².